The number of rotatable bonds is 7. The Bertz CT molecular complexity index is 1430. The van der Waals surface area contributed by atoms with E-state index in [2.05, 4.69) is 29.2 Å². The van der Waals surface area contributed by atoms with Crippen LogP contribution in [0.4, 0.5) is 5.69 Å². The number of aliphatic hydroxyl groups excluding tert-OH is 1. The standard InChI is InChI=1S/C32H40N3O4S/c1-33(2)27-9-12-31-29(21-27)32(30(36)13-20-40(31,37)38)26-7-10-28(11-8-26)39-23-25-5-3-24(4-6-25)22-35-17-14-34(15-18-35)16-19-35/h3-12,21,30,32,36H,13-20,22-23H2,1-2H3/q+1/t30-,32+/m0/s1. The minimum Gasteiger partial charge on any atom is -0.489 e. The van der Waals surface area contributed by atoms with E-state index in [4.69, 9.17) is 4.74 Å². The summed E-state index contributed by atoms with van der Waals surface area (Å²) in [6.07, 6.45) is -0.593. The van der Waals surface area contributed by atoms with Gasteiger partial charge in [0.05, 0.1) is 36.4 Å². The number of piperazine rings is 3. The number of hydrogen-bond donors (Lipinski definition) is 1. The maximum atomic E-state index is 13.0. The van der Waals surface area contributed by atoms with E-state index in [1.165, 1.54) is 49.3 Å². The van der Waals surface area contributed by atoms with Gasteiger partial charge in [0.1, 0.15) is 18.9 Å². The Balaban J connectivity index is 1.14. The fraction of sp³-hybridized carbons (Fsp3) is 0.438. The first-order valence-corrected chi connectivity index (χ1v) is 16.0. The number of sulfone groups is 1. The van der Waals surface area contributed by atoms with Gasteiger partial charge in [0.15, 0.2) is 9.84 Å². The molecule has 0 unspecified atom stereocenters. The van der Waals surface area contributed by atoms with Crippen molar-refractivity contribution >= 4 is 15.5 Å². The van der Waals surface area contributed by atoms with Gasteiger partial charge in [-0.05, 0) is 53.4 Å². The molecule has 0 radical (unpaired) electrons. The van der Waals surface area contributed by atoms with Gasteiger partial charge >= 0.3 is 0 Å². The molecule has 3 aromatic carbocycles. The predicted molar refractivity (Wildman–Crippen MR) is 158 cm³/mol. The Labute approximate surface area is 238 Å². The van der Waals surface area contributed by atoms with Crippen LogP contribution < -0.4 is 9.64 Å². The average Bonchev–Trinajstić information content (AvgIpc) is 3.06. The van der Waals surface area contributed by atoms with Gasteiger partial charge < -0.3 is 19.2 Å². The second-order valence-electron chi connectivity index (χ2n) is 12.0. The summed E-state index contributed by atoms with van der Waals surface area (Å²) in [5.41, 5.74) is 4.96. The average molecular weight is 563 g/mol. The summed E-state index contributed by atoms with van der Waals surface area (Å²) in [6.45, 7) is 9.07. The molecule has 3 fully saturated rings. The molecule has 0 spiro atoms. The molecule has 3 aromatic rings. The first kappa shape index (κ1) is 27.3. The number of hydrogen-bond acceptors (Lipinski definition) is 6. The lowest BCUT2D eigenvalue weighted by atomic mass is 9.85. The van der Waals surface area contributed by atoms with E-state index < -0.39 is 21.9 Å². The highest BCUT2D eigenvalue weighted by atomic mass is 32.2. The molecule has 4 aliphatic rings. The minimum absolute atomic E-state index is 0.0580. The lowest BCUT2D eigenvalue weighted by molar-refractivity contribution is -0.953. The molecule has 7 rings (SSSR count). The van der Waals surface area contributed by atoms with Crippen molar-refractivity contribution in [3.63, 3.8) is 0 Å². The van der Waals surface area contributed by atoms with Gasteiger partial charge in [0.25, 0.3) is 0 Å². The van der Waals surface area contributed by atoms with Crippen LogP contribution in [-0.4, -0.2) is 88.1 Å². The second-order valence-corrected chi connectivity index (χ2v) is 14.0. The highest BCUT2D eigenvalue weighted by Gasteiger charge is 2.38. The van der Waals surface area contributed by atoms with Gasteiger partial charge in [0.2, 0.25) is 0 Å². The van der Waals surface area contributed by atoms with E-state index in [1.54, 1.807) is 6.07 Å². The Morgan fingerprint density at radius 1 is 0.925 bits per heavy atom. The summed E-state index contributed by atoms with van der Waals surface area (Å²) < 4.78 is 33.3. The van der Waals surface area contributed by atoms with Gasteiger partial charge in [-0.3, -0.25) is 4.90 Å². The quantitative estimate of drug-likeness (QED) is 0.444. The topological polar surface area (TPSA) is 70.1 Å². The summed E-state index contributed by atoms with van der Waals surface area (Å²) in [5, 5.41) is 11.1. The van der Waals surface area contributed by atoms with Crippen LogP contribution in [0.3, 0.4) is 0 Å². The smallest absolute Gasteiger partial charge is 0.178 e. The highest BCUT2D eigenvalue weighted by Crippen LogP contribution is 2.39. The third-order valence-electron chi connectivity index (χ3n) is 9.10. The van der Waals surface area contributed by atoms with Gasteiger partial charge in [-0.25, -0.2) is 8.42 Å². The van der Waals surface area contributed by atoms with Crippen molar-refractivity contribution in [1.29, 1.82) is 0 Å². The summed E-state index contributed by atoms with van der Waals surface area (Å²) in [7, 11) is 0.390. The molecule has 212 valence electrons. The number of fused-ring (bicyclic) bond motifs is 4. The molecule has 0 aromatic heterocycles. The fourth-order valence-corrected chi connectivity index (χ4v) is 8.13. The predicted octanol–water partition coefficient (Wildman–Crippen LogP) is 3.65. The number of benzene rings is 3. The minimum atomic E-state index is -3.46. The number of nitrogens with zero attached hydrogens (tertiary/aromatic N) is 3. The van der Waals surface area contributed by atoms with E-state index in [0.717, 1.165) is 29.1 Å². The first-order chi connectivity index (χ1) is 19.2. The molecule has 2 atom stereocenters. The lowest BCUT2D eigenvalue weighted by Gasteiger charge is -2.50. The van der Waals surface area contributed by atoms with Gasteiger partial charge in [-0.1, -0.05) is 36.4 Å². The van der Waals surface area contributed by atoms with Gasteiger partial charge in [-0.15, -0.1) is 0 Å². The third kappa shape index (κ3) is 5.50. The molecule has 2 bridgehead atoms. The van der Waals surface area contributed by atoms with E-state index in [-0.39, 0.29) is 12.2 Å². The second kappa shape index (κ2) is 10.8. The molecule has 40 heavy (non-hydrogen) atoms. The van der Waals surface area contributed by atoms with Crippen LogP contribution in [0.25, 0.3) is 0 Å². The molecule has 1 N–H and O–H groups in total. The van der Waals surface area contributed by atoms with Gasteiger partial charge in [-0.2, -0.15) is 0 Å². The first-order valence-electron chi connectivity index (χ1n) is 14.3. The van der Waals surface area contributed by atoms with Crippen LogP contribution in [0.1, 0.15) is 34.6 Å². The van der Waals surface area contributed by atoms with Crippen LogP contribution in [0, 0.1) is 0 Å². The summed E-state index contributed by atoms with van der Waals surface area (Å²) >= 11 is 0. The molecule has 8 heteroatoms. The van der Waals surface area contributed by atoms with E-state index in [1.807, 2.05) is 55.4 Å². The molecular weight excluding hydrogens is 522 g/mol. The van der Waals surface area contributed by atoms with Crippen molar-refractivity contribution in [2.24, 2.45) is 0 Å². The number of quaternary nitrogens is 1. The number of aliphatic hydroxyl groups is 1. The van der Waals surface area contributed by atoms with E-state index in [0.29, 0.717) is 17.1 Å². The molecule has 4 heterocycles. The monoisotopic (exact) mass is 562 g/mol. The molecule has 0 saturated carbocycles. The molecular formula is C32H40N3O4S+. The maximum Gasteiger partial charge on any atom is 0.178 e. The van der Waals surface area contributed by atoms with Crippen molar-refractivity contribution in [1.82, 2.24) is 4.90 Å². The van der Waals surface area contributed by atoms with Crippen molar-refractivity contribution in [2.75, 3.05) is 64.0 Å². The largest absolute Gasteiger partial charge is 0.489 e. The molecule has 0 aliphatic carbocycles. The summed E-state index contributed by atoms with van der Waals surface area (Å²) in [5.74, 6) is 0.260. The van der Waals surface area contributed by atoms with E-state index >= 15 is 0 Å². The Kier molecular flexibility index (Phi) is 7.38. The van der Waals surface area contributed by atoms with E-state index in [9.17, 15) is 13.5 Å². The molecule has 3 saturated heterocycles. The SMILES string of the molecule is CN(C)c1ccc2c(c1)[C@@H](c1ccc(OCc3ccc(C[N+]45CCN(CC4)CC5)cc3)cc1)[C@@H](O)CCS2(=O)=O. The Morgan fingerprint density at radius 3 is 2.23 bits per heavy atom. The molecule has 4 aliphatic heterocycles. The summed E-state index contributed by atoms with van der Waals surface area (Å²) in [4.78, 5) is 4.84. The van der Waals surface area contributed by atoms with Crippen molar-refractivity contribution < 1.29 is 22.7 Å². The fourth-order valence-electron chi connectivity index (χ4n) is 6.54. The zero-order valence-corrected chi connectivity index (χ0v) is 24.3. The van der Waals surface area contributed by atoms with Crippen LogP contribution in [-0.2, 0) is 23.0 Å². The van der Waals surface area contributed by atoms with Crippen molar-refractivity contribution in [3.8, 4) is 5.75 Å². The van der Waals surface area contributed by atoms with Crippen LogP contribution >= 0.6 is 0 Å². The van der Waals surface area contributed by atoms with Crippen LogP contribution in [0.5, 0.6) is 5.75 Å². The lowest BCUT2D eigenvalue weighted by Crippen LogP contribution is -2.66. The maximum absolute atomic E-state index is 13.0. The van der Waals surface area contributed by atoms with Gasteiger partial charge in [0, 0.05) is 50.9 Å². The normalized spacial score (nSPS) is 27.0. The molecule has 7 nitrogen and oxygen atoms in total. The third-order valence-corrected chi connectivity index (χ3v) is 10.9. The number of anilines is 1. The Hall–Kier alpha value is -2.91. The highest BCUT2D eigenvalue weighted by molar-refractivity contribution is 7.91. The van der Waals surface area contributed by atoms with Crippen molar-refractivity contribution in [2.45, 2.75) is 36.5 Å². The van der Waals surface area contributed by atoms with Crippen LogP contribution in [0.2, 0.25) is 0 Å². The Morgan fingerprint density at radius 2 is 1.57 bits per heavy atom. The van der Waals surface area contributed by atoms with Crippen LogP contribution in [0.15, 0.2) is 71.6 Å². The zero-order chi connectivity index (χ0) is 27.9. The number of ether oxygens (including phenoxy) is 1. The zero-order valence-electron chi connectivity index (χ0n) is 23.5. The summed E-state index contributed by atoms with van der Waals surface area (Å²) in [6, 6.07) is 22.0. The van der Waals surface area contributed by atoms with Crippen molar-refractivity contribution in [3.05, 3.63) is 89.0 Å². The molecule has 0 amide bonds.